The van der Waals surface area contributed by atoms with Gasteiger partial charge in [-0.1, -0.05) is 6.92 Å². The van der Waals surface area contributed by atoms with Gasteiger partial charge in [-0.25, -0.2) is 9.97 Å². The summed E-state index contributed by atoms with van der Waals surface area (Å²) >= 11 is 1.45. The monoisotopic (exact) mass is 338 g/mol. The minimum atomic E-state index is -4.51. The van der Waals surface area contributed by atoms with Crippen molar-refractivity contribution in [3.63, 3.8) is 0 Å². The summed E-state index contributed by atoms with van der Waals surface area (Å²) in [5.41, 5.74) is 0.406. The number of aryl methyl sites for hydroxylation is 1. The molecule has 0 saturated heterocycles. The minimum absolute atomic E-state index is 0.0569. The van der Waals surface area contributed by atoms with E-state index in [-0.39, 0.29) is 11.1 Å². The second-order valence-electron chi connectivity index (χ2n) is 4.88. The molecule has 3 heterocycles. The van der Waals surface area contributed by atoms with Crippen molar-refractivity contribution < 1.29 is 13.2 Å². The Bertz CT molecular complexity index is 858. The Morgan fingerprint density at radius 2 is 2.00 bits per heavy atom. The first kappa shape index (κ1) is 15.8. The third-order valence-electron chi connectivity index (χ3n) is 3.39. The maximum absolute atomic E-state index is 13.5. The van der Waals surface area contributed by atoms with Crippen LogP contribution in [-0.4, -0.2) is 25.3 Å². The SMILES string of the molecule is CCSc1cnccc1-c1c(C(F)(F)F)cnc2c1ncn2C. The summed E-state index contributed by atoms with van der Waals surface area (Å²) in [5, 5.41) is 0. The van der Waals surface area contributed by atoms with Crippen molar-refractivity contribution in [1.82, 2.24) is 19.5 Å². The molecular weight excluding hydrogens is 325 g/mol. The first-order valence-electron chi connectivity index (χ1n) is 6.88. The van der Waals surface area contributed by atoms with Crippen molar-refractivity contribution in [2.45, 2.75) is 18.0 Å². The van der Waals surface area contributed by atoms with Gasteiger partial charge in [0.15, 0.2) is 5.65 Å². The Kier molecular flexibility index (Phi) is 4.01. The smallest absolute Gasteiger partial charge is 0.318 e. The average Bonchev–Trinajstić information content (AvgIpc) is 2.88. The van der Waals surface area contributed by atoms with Crippen molar-refractivity contribution in [2.24, 2.45) is 7.05 Å². The Labute approximate surface area is 134 Å². The number of halogens is 3. The molecule has 120 valence electrons. The molecule has 3 aromatic rings. The average molecular weight is 338 g/mol. The summed E-state index contributed by atoms with van der Waals surface area (Å²) in [6.07, 6.45) is 0.907. The van der Waals surface area contributed by atoms with Crippen LogP contribution in [0, 0.1) is 0 Å². The van der Waals surface area contributed by atoms with Crippen LogP contribution in [0.25, 0.3) is 22.3 Å². The van der Waals surface area contributed by atoms with Gasteiger partial charge in [0.05, 0.1) is 11.9 Å². The normalized spacial score (nSPS) is 12.0. The Balaban J connectivity index is 2.39. The van der Waals surface area contributed by atoms with Crippen LogP contribution in [-0.2, 0) is 13.2 Å². The number of fused-ring (bicyclic) bond motifs is 1. The van der Waals surface area contributed by atoms with Gasteiger partial charge in [-0.2, -0.15) is 13.2 Å². The van der Waals surface area contributed by atoms with Crippen LogP contribution in [0.4, 0.5) is 13.2 Å². The van der Waals surface area contributed by atoms with E-state index in [1.807, 2.05) is 6.92 Å². The van der Waals surface area contributed by atoms with E-state index in [9.17, 15) is 13.2 Å². The van der Waals surface area contributed by atoms with Crippen molar-refractivity contribution in [3.8, 4) is 11.1 Å². The fraction of sp³-hybridized carbons (Fsp3) is 0.267. The quantitative estimate of drug-likeness (QED) is 0.673. The van der Waals surface area contributed by atoms with Gasteiger partial charge in [0.1, 0.15) is 5.52 Å². The third-order valence-corrected chi connectivity index (χ3v) is 4.31. The Hall–Kier alpha value is -2.09. The maximum atomic E-state index is 13.5. The number of nitrogens with zero attached hydrogens (tertiary/aromatic N) is 4. The molecule has 0 aliphatic heterocycles. The zero-order chi connectivity index (χ0) is 16.6. The van der Waals surface area contributed by atoms with Gasteiger partial charge < -0.3 is 4.57 Å². The highest BCUT2D eigenvalue weighted by atomic mass is 32.2. The molecule has 0 bridgehead atoms. The largest absolute Gasteiger partial charge is 0.418 e. The number of alkyl halides is 3. The van der Waals surface area contributed by atoms with Gasteiger partial charge in [0.2, 0.25) is 0 Å². The highest BCUT2D eigenvalue weighted by molar-refractivity contribution is 7.99. The summed E-state index contributed by atoms with van der Waals surface area (Å²) in [6.45, 7) is 1.94. The number of hydrogen-bond donors (Lipinski definition) is 0. The summed E-state index contributed by atoms with van der Waals surface area (Å²) < 4.78 is 42.1. The lowest BCUT2D eigenvalue weighted by atomic mass is 10.0. The molecule has 4 nitrogen and oxygen atoms in total. The van der Waals surface area contributed by atoms with Crippen LogP contribution in [0.1, 0.15) is 12.5 Å². The second-order valence-corrected chi connectivity index (χ2v) is 6.18. The molecule has 0 aromatic carbocycles. The highest BCUT2D eigenvalue weighted by Gasteiger charge is 2.36. The molecule has 0 fully saturated rings. The molecular formula is C15H13F3N4S. The van der Waals surface area contributed by atoms with Crippen LogP contribution in [0.5, 0.6) is 0 Å². The van der Waals surface area contributed by atoms with E-state index < -0.39 is 11.7 Å². The van der Waals surface area contributed by atoms with Crippen molar-refractivity contribution in [3.05, 3.63) is 36.5 Å². The Morgan fingerprint density at radius 1 is 1.22 bits per heavy atom. The molecule has 0 N–H and O–H groups in total. The van der Waals surface area contributed by atoms with Crippen molar-refractivity contribution in [2.75, 3.05) is 5.75 Å². The zero-order valence-corrected chi connectivity index (χ0v) is 13.2. The fourth-order valence-electron chi connectivity index (χ4n) is 2.41. The topological polar surface area (TPSA) is 43.6 Å². The molecule has 0 saturated carbocycles. The number of imidazole rings is 1. The number of aromatic nitrogens is 4. The summed E-state index contributed by atoms with van der Waals surface area (Å²) in [4.78, 5) is 12.8. The van der Waals surface area contributed by atoms with E-state index in [0.29, 0.717) is 16.1 Å². The van der Waals surface area contributed by atoms with Crippen LogP contribution in [0.3, 0.4) is 0 Å². The zero-order valence-electron chi connectivity index (χ0n) is 12.4. The lowest BCUT2D eigenvalue weighted by Crippen LogP contribution is -2.09. The standard InChI is InChI=1S/C15H13F3N4S/c1-3-23-11-7-19-5-4-9(11)12-10(15(16,17)18)6-20-14-13(12)21-8-22(14)2/h4-8H,3H2,1-2H3. The molecule has 0 aliphatic rings. The number of hydrogen-bond acceptors (Lipinski definition) is 4. The maximum Gasteiger partial charge on any atom is 0.418 e. The van der Waals surface area contributed by atoms with Gasteiger partial charge in [0.25, 0.3) is 0 Å². The van der Waals surface area contributed by atoms with Crippen molar-refractivity contribution in [1.29, 1.82) is 0 Å². The molecule has 0 atom stereocenters. The van der Waals surface area contributed by atoms with E-state index in [2.05, 4.69) is 15.0 Å². The number of pyridine rings is 2. The van der Waals surface area contributed by atoms with Crippen molar-refractivity contribution >= 4 is 22.9 Å². The number of thioether (sulfide) groups is 1. The molecule has 8 heteroatoms. The molecule has 0 aliphatic carbocycles. The Morgan fingerprint density at radius 3 is 2.70 bits per heavy atom. The summed E-state index contributed by atoms with van der Waals surface area (Å²) in [5.74, 6) is 0.733. The second kappa shape index (κ2) is 5.84. The lowest BCUT2D eigenvalue weighted by molar-refractivity contribution is -0.137. The molecule has 0 radical (unpaired) electrons. The lowest BCUT2D eigenvalue weighted by Gasteiger charge is -2.15. The van der Waals surface area contributed by atoms with Gasteiger partial charge >= 0.3 is 6.18 Å². The van der Waals surface area contributed by atoms with Crippen LogP contribution < -0.4 is 0 Å². The van der Waals surface area contributed by atoms with E-state index >= 15 is 0 Å². The molecule has 0 spiro atoms. The van der Waals surface area contributed by atoms with Crippen LogP contribution in [0.2, 0.25) is 0 Å². The predicted octanol–water partition coefficient (Wildman–Crippen LogP) is 4.16. The van der Waals surface area contributed by atoms with E-state index in [1.165, 1.54) is 24.3 Å². The van der Waals surface area contributed by atoms with Crippen LogP contribution >= 0.6 is 11.8 Å². The van der Waals surface area contributed by atoms with Gasteiger partial charge in [-0.15, -0.1) is 11.8 Å². The first-order chi connectivity index (χ1) is 10.9. The molecule has 23 heavy (non-hydrogen) atoms. The molecule has 0 unspecified atom stereocenters. The summed E-state index contributed by atoms with van der Waals surface area (Å²) in [7, 11) is 1.70. The third kappa shape index (κ3) is 2.78. The molecule has 3 rings (SSSR count). The van der Waals surface area contributed by atoms with Gasteiger partial charge in [-0.3, -0.25) is 4.98 Å². The number of rotatable bonds is 3. The molecule has 3 aromatic heterocycles. The summed E-state index contributed by atoms with van der Waals surface area (Å²) in [6, 6.07) is 1.59. The first-order valence-corrected chi connectivity index (χ1v) is 7.86. The van der Waals surface area contributed by atoms with Gasteiger partial charge in [0, 0.05) is 41.7 Å². The van der Waals surface area contributed by atoms with E-state index in [1.54, 1.807) is 23.9 Å². The van der Waals surface area contributed by atoms with E-state index in [0.717, 1.165) is 11.9 Å². The highest BCUT2D eigenvalue weighted by Crippen LogP contribution is 2.42. The predicted molar refractivity (Wildman–Crippen MR) is 83.1 cm³/mol. The fourth-order valence-corrected chi connectivity index (χ4v) is 3.19. The van der Waals surface area contributed by atoms with Gasteiger partial charge in [-0.05, 0) is 11.8 Å². The van der Waals surface area contributed by atoms with Crippen LogP contribution in [0.15, 0.2) is 35.9 Å². The molecule has 0 amide bonds. The van der Waals surface area contributed by atoms with E-state index in [4.69, 9.17) is 0 Å². The minimum Gasteiger partial charge on any atom is -0.318 e.